The molecule has 1 aromatic rings. The Bertz CT molecular complexity index is 403. The number of nitrogens with zero attached hydrogens (tertiary/aromatic N) is 3. The quantitative estimate of drug-likeness (QED) is 0.820. The van der Waals surface area contributed by atoms with Crippen LogP contribution < -0.4 is 0 Å². The molecule has 5 nitrogen and oxygen atoms in total. The van der Waals surface area contributed by atoms with Crippen molar-refractivity contribution in [1.82, 2.24) is 15.0 Å². The number of ether oxygens (including phenoxy) is 2. The van der Waals surface area contributed by atoms with E-state index >= 15 is 0 Å². The van der Waals surface area contributed by atoms with Crippen LogP contribution in [-0.2, 0) is 9.47 Å². The van der Waals surface area contributed by atoms with E-state index in [1.807, 2.05) is 4.68 Å². The summed E-state index contributed by atoms with van der Waals surface area (Å²) in [5.41, 5.74) is 1.10. The summed E-state index contributed by atoms with van der Waals surface area (Å²) in [6.07, 6.45) is 5.74. The summed E-state index contributed by atoms with van der Waals surface area (Å²) in [4.78, 5) is 0. The third-order valence-corrected chi connectivity index (χ3v) is 4.21. The molecule has 0 aliphatic carbocycles. The summed E-state index contributed by atoms with van der Waals surface area (Å²) < 4.78 is 13.5. The van der Waals surface area contributed by atoms with Gasteiger partial charge in [-0.3, -0.25) is 0 Å². The number of rotatable bonds is 4. The highest BCUT2D eigenvalue weighted by Gasteiger charge is 2.43. The Kier molecular flexibility index (Phi) is 3.35. The van der Waals surface area contributed by atoms with Crippen molar-refractivity contribution in [3.63, 3.8) is 0 Å². The van der Waals surface area contributed by atoms with Crippen LogP contribution in [-0.4, -0.2) is 40.4 Å². The Morgan fingerprint density at radius 1 is 1.39 bits per heavy atom. The van der Waals surface area contributed by atoms with Crippen LogP contribution in [0.3, 0.4) is 0 Å². The second-order valence-corrected chi connectivity index (χ2v) is 5.20. The molecule has 3 rings (SSSR count). The first-order chi connectivity index (χ1) is 8.83. The SMILES string of the molecule is CCC(CC)c1cn(C2COC3CCOC32)nn1. The minimum absolute atomic E-state index is 0.168. The normalized spacial score (nSPS) is 31.2. The summed E-state index contributed by atoms with van der Waals surface area (Å²) in [5, 5.41) is 8.60. The molecule has 0 spiro atoms. The van der Waals surface area contributed by atoms with E-state index in [9.17, 15) is 0 Å². The van der Waals surface area contributed by atoms with Crippen LogP contribution in [0.4, 0.5) is 0 Å². The number of hydrogen-bond donors (Lipinski definition) is 0. The van der Waals surface area contributed by atoms with Gasteiger partial charge in [0.25, 0.3) is 0 Å². The van der Waals surface area contributed by atoms with Crippen LogP contribution in [0.5, 0.6) is 0 Å². The first kappa shape index (κ1) is 12.1. The van der Waals surface area contributed by atoms with Gasteiger partial charge < -0.3 is 9.47 Å². The predicted octanol–water partition coefficient (Wildman–Crippen LogP) is 1.91. The molecule has 0 saturated carbocycles. The maximum absolute atomic E-state index is 5.75. The third kappa shape index (κ3) is 1.95. The van der Waals surface area contributed by atoms with Crippen molar-refractivity contribution >= 4 is 0 Å². The molecule has 3 unspecified atom stereocenters. The van der Waals surface area contributed by atoms with Gasteiger partial charge in [0.15, 0.2) is 0 Å². The standard InChI is InChI=1S/C13H21N3O2/c1-3-9(4-2)10-7-16(15-14-10)11-8-18-12-5-6-17-13(11)12/h7,9,11-13H,3-6,8H2,1-2H3. The maximum Gasteiger partial charge on any atom is 0.108 e. The van der Waals surface area contributed by atoms with Gasteiger partial charge in [0.05, 0.1) is 18.4 Å². The highest BCUT2D eigenvalue weighted by molar-refractivity contribution is 5.03. The summed E-state index contributed by atoms with van der Waals surface area (Å²) in [7, 11) is 0. The Morgan fingerprint density at radius 3 is 3.00 bits per heavy atom. The average molecular weight is 251 g/mol. The number of aromatic nitrogens is 3. The lowest BCUT2D eigenvalue weighted by Crippen LogP contribution is -2.26. The van der Waals surface area contributed by atoms with Gasteiger partial charge in [0.1, 0.15) is 12.1 Å². The van der Waals surface area contributed by atoms with Crippen LogP contribution in [0.1, 0.15) is 50.8 Å². The summed E-state index contributed by atoms with van der Waals surface area (Å²) >= 11 is 0. The van der Waals surface area contributed by atoms with Crippen molar-refractivity contribution in [3.8, 4) is 0 Å². The maximum atomic E-state index is 5.75. The molecule has 0 aromatic carbocycles. The molecule has 2 aliphatic heterocycles. The van der Waals surface area contributed by atoms with E-state index in [4.69, 9.17) is 9.47 Å². The monoisotopic (exact) mass is 251 g/mol. The smallest absolute Gasteiger partial charge is 0.108 e. The van der Waals surface area contributed by atoms with Crippen molar-refractivity contribution in [2.45, 2.75) is 57.3 Å². The van der Waals surface area contributed by atoms with Gasteiger partial charge in [-0.25, -0.2) is 4.68 Å². The highest BCUT2D eigenvalue weighted by atomic mass is 16.6. The van der Waals surface area contributed by atoms with Gasteiger partial charge in [-0.2, -0.15) is 0 Å². The average Bonchev–Trinajstić information content (AvgIpc) is 3.04. The molecule has 3 heterocycles. The van der Waals surface area contributed by atoms with E-state index in [0.717, 1.165) is 31.6 Å². The van der Waals surface area contributed by atoms with Gasteiger partial charge in [-0.1, -0.05) is 19.1 Å². The Hall–Kier alpha value is -0.940. The molecule has 0 amide bonds. The van der Waals surface area contributed by atoms with Crippen molar-refractivity contribution < 1.29 is 9.47 Å². The molecular weight excluding hydrogens is 230 g/mol. The molecule has 2 fully saturated rings. The van der Waals surface area contributed by atoms with Crippen molar-refractivity contribution in [2.75, 3.05) is 13.2 Å². The predicted molar refractivity (Wildman–Crippen MR) is 66.5 cm³/mol. The Labute approximate surface area is 107 Å². The van der Waals surface area contributed by atoms with Gasteiger partial charge >= 0.3 is 0 Å². The van der Waals surface area contributed by atoms with Gasteiger partial charge in [-0.15, -0.1) is 5.10 Å². The fourth-order valence-electron chi connectivity index (χ4n) is 3.02. The largest absolute Gasteiger partial charge is 0.373 e. The van der Waals surface area contributed by atoms with Crippen LogP contribution in [0.25, 0.3) is 0 Å². The fraction of sp³-hybridized carbons (Fsp3) is 0.846. The molecule has 3 atom stereocenters. The highest BCUT2D eigenvalue weighted by Crippen LogP contribution is 2.34. The Balaban J connectivity index is 1.77. The molecule has 100 valence electrons. The van der Waals surface area contributed by atoms with E-state index in [2.05, 4.69) is 30.4 Å². The minimum Gasteiger partial charge on any atom is -0.373 e. The van der Waals surface area contributed by atoms with E-state index < -0.39 is 0 Å². The molecule has 18 heavy (non-hydrogen) atoms. The molecule has 0 N–H and O–H groups in total. The van der Waals surface area contributed by atoms with Gasteiger partial charge in [-0.05, 0) is 19.3 Å². The van der Waals surface area contributed by atoms with E-state index in [-0.39, 0.29) is 18.2 Å². The van der Waals surface area contributed by atoms with Crippen LogP contribution >= 0.6 is 0 Å². The second-order valence-electron chi connectivity index (χ2n) is 5.20. The summed E-state index contributed by atoms with van der Waals surface area (Å²) in [6.45, 7) is 5.89. The lowest BCUT2D eigenvalue weighted by Gasteiger charge is -2.15. The minimum atomic E-state index is 0.168. The first-order valence-electron chi connectivity index (χ1n) is 6.98. The number of hydrogen-bond acceptors (Lipinski definition) is 4. The summed E-state index contributed by atoms with van der Waals surface area (Å²) in [6, 6.07) is 0.202. The third-order valence-electron chi connectivity index (χ3n) is 4.21. The zero-order chi connectivity index (χ0) is 12.5. The Morgan fingerprint density at radius 2 is 2.22 bits per heavy atom. The van der Waals surface area contributed by atoms with Crippen molar-refractivity contribution in [3.05, 3.63) is 11.9 Å². The second kappa shape index (κ2) is 4.97. The van der Waals surface area contributed by atoms with Crippen LogP contribution in [0, 0.1) is 0 Å². The zero-order valence-corrected chi connectivity index (χ0v) is 11.1. The van der Waals surface area contributed by atoms with Crippen LogP contribution in [0.2, 0.25) is 0 Å². The van der Waals surface area contributed by atoms with Crippen molar-refractivity contribution in [1.29, 1.82) is 0 Å². The lowest BCUT2D eigenvalue weighted by molar-refractivity contribution is 0.0632. The topological polar surface area (TPSA) is 49.2 Å². The molecule has 0 bridgehead atoms. The molecule has 5 heteroatoms. The van der Waals surface area contributed by atoms with Crippen molar-refractivity contribution in [2.24, 2.45) is 0 Å². The molecular formula is C13H21N3O2. The summed E-state index contributed by atoms with van der Waals surface area (Å²) in [5.74, 6) is 0.515. The molecule has 0 radical (unpaired) electrons. The van der Waals surface area contributed by atoms with E-state index in [1.165, 1.54) is 0 Å². The van der Waals surface area contributed by atoms with E-state index in [0.29, 0.717) is 12.5 Å². The first-order valence-corrected chi connectivity index (χ1v) is 6.98. The lowest BCUT2D eigenvalue weighted by atomic mass is 10.0. The number of fused-ring (bicyclic) bond motifs is 1. The molecule has 1 aromatic heterocycles. The van der Waals surface area contributed by atoms with Crippen LogP contribution in [0.15, 0.2) is 6.20 Å². The van der Waals surface area contributed by atoms with E-state index in [1.54, 1.807) is 0 Å². The molecule has 2 aliphatic rings. The van der Waals surface area contributed by atoms with Gasteiger partial charge in [0.2, 0.25) is 0 Å². The zero-order valence-electron chi connectivity index (χ0n) is 11.1. The van der Waals surface area contributed by atoms with Gasteiger partial charge in [0, 0.05) is 18.7 Å². The molecule has 2 saturated heterocycles. The fourth-order valence-corrected chi connectivity index (χ4v) is 3.02.